The summed E-state index contributed by atoms with van der Waals surface area (Å²) in [5.74, 6) is -1.38. The molecule has 2 aromatic heterocycles. The summed E-state index contributed by atoms with van der Waals surface area (Å²) in [6.45, 7) is 0. The van der Waals surface area contributed by atoms with E-state index >= 15 is 0 Å². The van der Waals surface area contributed by atoms with Gasteiger partial charge in [-0.05, 0) is 18.2 Å². The standard InChI is InChI=1S/C13H10N4O3/c18-11(19)3-2-9-8-14-7-4-10(9)12(20)17-13-15-5-1-6-16-13/h1-8H,(H,18,19)(H,15,16,17,20). The Bertz CT molecular complexity index is 656. The van der Waals surface area contributed by atoms with Gasteiger partial charge in [0, 0.05) is 36.4 Å². The average Bonchev–Trinajstić information content (AvgIpc) is 2.46. The number of nitrogens with zero attached hydrogens (tertiary/aromatic N) is 3. The van der Waals surface area contributed by atoms with Crippen LogP contribution in [0.25, 0.3) is 6.08 Å². The first kappa shape index (κ1) is 13.3. The Morgan fingerprint density at radius 2 is 1.95 bits per heavy atom. The molecule has 7 nitrogen and oxygen atoms in total. The van der Waals surface area contributed by atoms with Gasteiger partial charge in [0.1, 0.15) is 0 Å². The van der Waals surface area contributed by atoms with Crippen molar-refractivity contribution in [1.29, 1.82) is 0 Å². The fourth-order valence-electron chi connectivity index (χ4n) is 1.44. The number of rotatable bonds is 4. The number of aromatic nitrogens is 3. The number of hydrogen-bond donors (Lipinski definition) is 2. The molecule has 0 radical (unpaired) electrons. The molecule has 2 heterocycles. The number of pyridine rings is 1. The topological polar surface area (TPSA) is 105 Å². The number of carboxylic acid groups (broad SMARTS) is 1. The monoisotopic (exact) mass is 270 g/mol. The summed E-state index contributed by atoms with van der Waals surface area (Å²) in [5, 5.41) is 11.1. The Morgan fingerprint density at radius 3 is 2.65 bits per heavy atom. The van der Waals surface area contributed by atoms with Crippen molar-refractivity contribution >= 4 is 23.9 Å². The molecule has 0 unspecified atom stereocenters. The maximum atomic E-state index is 12.1. The van der Waals surface area contributed by atoms with Gasteiger partial charge in [0.25, 0.3) is 5.91 Å². The van der Waals surface area contributed by atoms with E-state index in [4.69, 9.17) is 5.11 Å². The maximum absolute atomic E-state index is 12.1. The number of carbonyl (C=O) groups excluding carboxylic acids is 1. The second-order valence-electron chi connectivity index (χ2n) is 3.66. The van der Waals surface area contributed by atoms with Crippen LogP contribution >= 0.6 is 0 Å². The molecular weight excluding hydrogens is 260 g/mol. The molecule has 0 bridgehead atoms. The van der Waals surface area contributed by atoms with E-state index < -0.39 is 11.9 Å². The highest BCUT2D eigenvalue weighted by molar-refractivity contribution is 6.06. The maximum Gasteiger partial charge on any atom is 0.328 e. The second-order valence-corrected chi connectivity index (χ2v) is 3.66. The van der Waals surface area contributed by atoms with Crippen molar-refractivity contribution in [2.24, 2.45) is 0 Å². The molecule has 20 heavy (non-hydrogen) atoms. The van der Waals surface area contributed by atoms with Gasteiger partial charge in [0.05, 0.1) is 5.56 Å². The van der Waals surface area contributed by atoms with Crippen molar-refractivity contribution < 1.29 is 14.7 Å². The van der Waals surface area contributed by atoms with Crippen molar-refractivity contribution in [3.05, 3.63) is 54.1 Å². The first-order chi connectivity index (χ1) is 9.66. The van der Waals surface area contributed by atoms with Gasteiger partial charge in [-0.2, -0.15) is 0 Å². The molecule has 0 fully saturated rings. The van der Waals surface area contributed by atoms with Crippen LogP contribution in [-0.2, 0) is 4.79 Å². The van der Waals surface area contributed by atoms with E-state index in [0.717, 1.165) is 6.08 Å². The van der Waals surface area contributed by atoms with Crippen LogP contribution in [0.3, 0.4) is 0 Å². The Labute approximate surface area is 114 Å². The molecular formula is C13H10N4O3. The van der Waals surface area contributed by atoms with E-state index in [1.807, 2.05) is 0 Å². The highest BCUT2D eigenvalue weighted by atomic mass is 16.4. The molecule has 0 aromatic carbocycles. The summed E-state index contributed by atoms with van der Waals surface area (Å²) in [7, 11) is 0. The summed E-state index contributed by atoms with van der Waals surface area (Å²) in [4.78, 5) is 34.2. The zero-order valence-electron chi connectivity index (χ0n) is 10.2. The number of carbonyl (C=O) groups is 2. The lowest BCUT2D eigenvalue weighted by Gasteiger charge is -2.05. The lowest BCUT2D eigenvalue weighted by Crippen LogP contribution is -2.15. The molecule has 2 rings (SSSR count). The summed E-state index contributed by atoms with van der Waals surface area (Å²) in [5.41, 5.74) is 0.674. The molecule has 2 aromatic rings. The summed E-state index contributed by atoms with van der Waals surface area (Å²) in [6.07, 6.45) is 8.09. The van der Waals surface area contributed by atoms with E-state index in [1.54, 1.807) is 6.07 Å². The van der Waals surface area contributed by atoms with Crippen LogP contribution in [0.5, 0.6) is 0 Å². The molecule has 0 aliphatic rings. The van der Waals surface area contributed by atoms with Gasteiger partial charge < -0.3 is 5.11 Å². The third-order valence-corrected chi connectivity index (χ3v) is 2.29. The van der Waals surface area contributed by atoms with Crippen LogP contribution in [0.2, 0.25) is 0 Å². The van der Waals surface area contributed by atoms with Crippen molar-refractivity contribution in [3.63, 3.8) is 0 Å². The van der Waals surface area contributed by atoms with Gasteiger partial charge in [0.2, 0.25) is 5.95 Å². The highest BCUT2D eigenvalue weighted by Gasteiger charge is 2.11. The van der Waals surface area contributed by atoms with E-state index in [1.165, 1.54) is 36.9 Å². The molecule has 2 N–H and O–H groups in total. The van der Waals surface area contributed by atoms with E-state index in [0.29, 0.717) is 5.56 Å². The number of nitrogens with one attached hydrogen (secondary N) is 1. The average molecular weight is 270 g/mol. The molecule has 0 spiro atoms. The molecule has 0 aliphatic heterocycles. The number of hydrogen-bond acceptors (Lipinski definition) is 5. The minimum Gasteiger partial charge on any atom is -0.478 e. The fraction of sp³-hybridized carbons (Fsp3) is 0. The SMILES string of the molecule is O=C(O)C=Cc1cnccc1C(=O)Nc1ncccn1. The van der Waals surface area contributed by atoms with Gasteiger partial charge in [0.15, 0.2) is 0 Å². The van der Waals surface area contributed by atoms with E-state index in [-0.39, 0.29) is 11.5 Å². The van der Waals surface area contributed by atoms with E-state index in [2.05, 4.69) is 20.3 Å². The minimum atomic E-state index is -1.10. The Balaban J connectivity index is 2.24. The number of aliphatic carboxylic acids is 1. The van der Waals surface area contributed by atoms with Crippen LogP contribution in [0.1, 0.15) is 15.9 Å². The first-order valence-electron chi connectivity index (χ1n) is 5.60. The third kappa shape index (κ3) is 3.45. The molecule has 0 atom stereocenters. The van der Waals surface area contributed by atoms with Crippen LogP contribution < -0.4 is 5.32 Å². The molecule has 1 amide bonds. The third-order valence-electron chi connectivity index (χ3n) is 2.29. The quantitative estimate of drug-likeness (QED) is 0.809. The molecule has 0 saturated carbocycles. The van der Waals surface area contributed by atoms with Crippen LogP contribution in [0, 0.1) is 0 Å². The largest absolute Gasteiger partial charge is 0.478 e. The molecule has 0 saturated heterocycles. The number of anilines is 1. The summed E-state index contributed by atoms with van der Waals surface area (Å²) in [6, 6.07) is 3.11. The number of carboxylic acids is 1. The number of amides is 1. The minimum absolute atomic E-state index is 0.169. The predicted molar refractivity (Wildman–Crippen MR) is 70.9 cm³/mol. The lowest BCUT2D eigenvalue weighted by molar-refractivity contribution is -0.131. The predicted octanol–water partition coefficient (Wildman–Crippen LogP) is 1.22. The Hall–Kier alpha value is -3.09. The van der Waals surface area contributed by atoms with Crippen LogP contribution in [0.15, 0.2) is 43.0 Å². The van der Waals surface area contributed by atoms with Gasteiger partial charge in [-0.3, -0.25) is 15.1 Å². The molecule has 0 aliphatic carbocycles. The van der Waals surface area contributed by atoms with Crippen LogP contribution in [0.4, 0.5) is 5.95 Å². The highest BCUT2D eigenvalue weighted by Crippen LogP contribution is 2.11. The van der Waals surface area contributed by atoms with Crippen LogP contribution in [-0.4, -0.2) is 31.9 Å². The van der Waals surface area contributed by atoms with Gasteiger partial charge in [-0.1, -0.05) is 0 Å². The van der Waals surface area contributed by atoms with E-state index in [9.17, 15) is 9.59 Å². The zero-order chi connectivity index (χ0) is 14.4. The van der Waals surface area contributed by atoms with Gasteiger partial charge >= 0.3 is 5.97 Å². The molecule has 100 valence electrons. The lowest BCUT2D eigenvalue weighted by atomic mass is 10.1. The van der Waals surface area contributed by atoms with Gasteiger partial charge in [-0.15, -0.1) is 0 Å². The zero-order valence-corrected chi connectivity index (χ0v) is 10.2. The normalized spacial score (nSPS) is 10.4. The summed E-state index contributed by atoms with van der Waals surface area (Å²) < 4.78 is 0. The first-order valence-corrected chi connectivity index (χ1v) is 5.60. The van der Waals surface area contributed by atoms with Crippen molar-refractivity contribution in [2.45, 2.75) is 0 Å². The fourth-order valence-corrected chi connectivity index (χ4v) is 1.44. The summed E-state index contributed by atoms with van der Waals surface area (Å²) >= 11 is 0. The smallest absolute Gasteiger partial charge is 0.328 e. The van der Waals surface area contributed by atoms with Crippen molar-refractivity contribution in [2.75, 3.05) is 5.32 Å². The second kappa shape index (κ2) is 6.19. The Morgan fingerprint density at radius 1 is 1.20 bits per heavy atom. The van der Waals surface area contributed by atoms with Crippen molar-refractivity contribution in [3.8, 4) is 0 Å². The van der Waals surface area contributed by atoms with Gasteiger partial charge in [-0.25, -0.2) is 14.8 Å². The Kier molecular flexibility index (Phi) is 4.13. The molecule has 7 heteroatoms. The van der Waals surface area contributed by atoms with Crippen molar-refractivity contribution in [1.82, 2.24) is 15.0 Å².